The van der Waals surface area contributed by atoms with E-state index < -0.39 is 0 Å². The fourth-order valence-electron chi connectivity index (χ4n) is 3.00. The van der Waals surface area contributed by atoms with E-state index in [2.05, 4.69) is 19.2 Å². The second kappa shape index (κ2) is 5.83. The lowest BCUT2D eigenvalue weighted by atomic mass is 9.88. The zero-order valence-corrected chi connectivity index (χ0v) is 11.5. The summed E-state index contributed by atoms with van der Waals surface area (Å²) in [6.07, 6.45) is 6.35. The average molecular weight is 249 g/mol. The molecule has 0 spiro atoms. The van der Waals surface area contributed by atoms with Gasteiger partial charge in [0.1, 0.15) is 5.82 Å². The van der Waals surface area contributed by atoms with Gasteiger partial charge in [-0.3, -0.25) is 0 Å². The molecule has 0 heterocycles. The molecule has 1 N–H and O–H groups in total. The molecule has 0 aromatic heterocycles. The van der Waals surface area contributed by atoms with Gasteiger partial charge in [-0.2, -0.15) is 0 Å². The second-order valence-electron chi connectivity index (χ2n) is 5.91. The molecule has 1 unspecified atom stereocenters. The first-order chi connectivity index (χ1) is 8.63. The van der Waals surface area contributed by atoms with Crippen molar-refractivity contribution < 1.29 is 4.39 Å². The normalized spacial score (nSPS) is 19.9. The summed E-state index contributed by atoms with van der Waals surface area (Å²) >= 11 is 0. The van der Waals surface area contributed by atoms with Crippen molar-refractivity contribution in [2.75, 3.05) is 6.54 Å². The molecule has 1 nitrogen and oxygen atoms in total. The smallest absolute Gasteiger partial charge is 0.123 e. The first kappa shape index (κ1) is 13.5. The van der Waals surface area contributed by atoms with Gasteiger partial charge in [0, 0.05) is 12.6 Å². The molecule has 2 heteroatoms. The van der Waals surface area contributed by atoms with Crippen LogP contribution in [0.2, 0.25) is 0 Å². The van der Waals surface area contributed by atoms with E-state index in [1.807, 2.05) is 6.07 Å². The van der Waals surface area contributed by atoms with Crippen molar-refractivity contribution in [1.82, 2.24) is 5.32 Å². The van der Waals surface area contributed by atoms with Gasteiger partial charge in [0.25, 0.3) is 0 Å². The summed E-state index contributed by atoms with van der Waals surface area (Å²) in [6.45, 7) is 5.56. The van der Waals surface area contributed by atoms with Gasteiger partial charge in [-0.15, -0.1) is 0 Å². The molecule has 0 saturated heterocycles. The van der Waals surface area contributed by atoms with Gasteiger partial charge in [-0.25, -0.2) is 4.39 Å². The van der Waals surface area contributed by atoms with Crippen LogP contribution in [0.5, 0.6) is 0 Å². The lowest BCUT2D eigenvalue weighted by Gasteiger charge is -2.27. The highest BCUT2D eigenvalue weighted by atomic mass is 19.1. The Morgan fingerprint density at radius 1 is 1.33 bits per heavy atom. The summed E-state index contributed by atoms with van der Waals surface area (Å²) < 4.78 is 13.3. The van der Waals surface area contributed by atoms with Crippen LogP contribution in [0, 0.1) is 11.2 Å². The maximum atomic E-state index is 13.3. The Morgan fingerprint density at radius 2 is 2.06 bits per heavy atom. The van der Waals surface area contributed by atoms with Crippen molar-refractivity contribution in [2.24, 2.45) is 5.41 Å². The van der Waals surface area contributed by atoms with Crippen molar-refractivity contribution in [2.45, 2.75) is 52.0 Å². The van der Waals surface area contributed by atoms with Crippen molar-refractivity contribution in [1.29, 1.82) is 0 Å². The molecule has 0 aliphatic heterocycles. The Balaban J connectivity index is 1.97. The quantitative estimate of drug-likeness (QED) is 0.813. The predicted octanol–water partition coefficient (Wildman–Crippen LogP) is 4.45. The number of rotatable bonds is 5. The van der Waals surface area contributed by atoms with Gasteiger partial charge in [0.15, 0.2) is 0 Å². The minimum atomic E-state index is -0.139. The molecule has 0 radical (unpaired) electrons. The zero-order valence-electron chi connectivity index (χ0n) is 11.5. The van der Waals surface area contributed by atoms with E-state index in [0.29, 0.717) is 5.41 Å². The number of hydrogen-bond acceptors (Lipinski definition) is 1. The molecular formula is C16H24FN. The lowest BCUT2D eigenvalue weighted by molar-refractivity contribution is 0.295. The highest BCUT2D eigenvalue weighted by molar-refractivity contribution is 5.20. The highest BCUT2D eigenvalue weighted by Crippen LogP contribution is 2.37. The van der Waals surface area contributed by atoms with Crippen LogP contribution in [0.15, 0.2) is 24.3 Å². The molecule has 100 valence electrons. The summed E-state index contributed by atoms with van der Waals surface area (Å²) in [5, 5.41) is 3.63. The van der Waals surface area contributed by atoms with Crippen LogP contribution in [0.3, 0.4) is 0 Å². The van der Waals surface area contributed by atoms with Crippen LogP contribution in [0.25, 0.3) is 0 Å². The van der Waals surface area contributed by atoms with Gasteiger partial charge in [0.05, 0.1) is 0 Å². The summed E-state index contributed by atoms with van der Waals surface area (Å²) in [6, 6.07) is 7.25. The van der Waals surface area contributed by atoms with Crippen LogP contribution in [0.4, 0.5) is 4.39 Å². The number of halogens is 1. The minimum Gasteiger partial charge on any atom is -0.309 e. The molecule has 2 rings (SSSR count). The molecule has 1 aromatic carbocycles. The van der Waals surface area contributed by atoms with E-state index in [9.17, 15) is 4.39 Å². The summed E-state index contributed by atoms with van der Waals surface area (Å²) in [5.41, 5.74) is 1.51. The molecule has 0 amide bonds. The van der Waals surface area contributed by atoms with E-state index in [0.717, 1.165) is 18.5 Å². The van der Waals surface area contributed by atoms with Gasteiger partial charge < -0.3 is 5.32 Å². The molecule has 1 aliphatic carbocycles. The summed E-state index contributed by atoms with van der Waals surface area (Å²) in [7, 11) is 0. The molecule has 18 heavy (non-hydrogen) atoms. The van der Waals surface area contributed by atoms with Crippen LogP contribution >= 0.6 is 0 Å². The fourth-order valence-corrected chi connectivity index (χ4v) is 3.00. The second-order valence-corrected chi connectivity index (χ2v) is 5.91. The van der Waals surface area contributed by atoms with Crippen LogP contribution < -0.4 is 5.32 Å². The lowest BCUT2D eigenvalue weighted by Crippen LogP contribution is -2.32. The molecule has 1 aromatic rings. The van der Waals surface area contributed by atoms with Gasteiger partial charge in [-0.05, 0) is 42.4 Å². The van der Waals surface area contributed by atoms with E-state index in [-0.39, 0.29) is 11.9 Å². The van der Waals surface area contributed by atoms with Crippen LogP contribution in [-0.4, -0.2) is 6.54 Å². The van der Waals surface area contributed by atoms with Gasteiger partial charge in [0.2, 0.25) is 0 Å². The van der Waals surface area contributed by atoms with E-state index in [4.69, 9.17) is 0 Å². The van der Waals surface area contributed by atoms with Crippen LogP contribution in [0.1, 0.15) is 57.6 Å². The third kappa shape index (κ3) is 3.32. The Labute approximate surface area is 110 Å². The standard InChI is InChI=1S/C16H24FN/c1-3-15(13-7-6-8-14(17)11-13)18-12-16(2)9-4-5-10-16/h6-8,11,15,18H,3-5,9-10,12H2,1-2H3. The minimum absolute atomic E-state index is 0.139. The Morgan fingerprint density at radius 3 is 2.67 bits per heavy atom. The van der Waals surface area contributed by atoms with Crippen molar-refractivity contribution >= 4 is 0 Å². The third-order valence-corrected chi connectivity index (χ3v) is 4.25. The van der Waals surface area contributed by atoms with E-state index in [1.165, 1.54) is 31.7 Å². The Bertz CT molecular complexity index is 382. The van der Waals surface area contributed by atoms with Gasteiger partial charge >= 0.3 is 0 Å². The Hall–Kier alpha value is -0.890. The topological polar surface area (TPSA) is 12.0 Å². The average Bonchev–Trinajstić information content (AvgIpc) is 2.77. The number of hydrogen-bond donors (Lipinski definition) is 1. The monoisotopic (exact) mass is 249 g/mol. The largest absolute Gasteiger partial charge is 0.309 e. The van der Waals surface area contributed by atoms with Crippen molar-refractivity contribution in [3.05, 3.63) is 35.6 Å². The molecule has 1 atom stereocenters. The van der Waals surface area contributed by atoms with Gasteiger partial charge in [-0.1, -0.05) is 38.8 Å². The first-order valence-corrected chi connectivity index (χ1v) is 7.12. The maximum absolute atomic E-state index is 13.3. The van der Waals surface area contributed by atoms with E-state index >= 15 is 0 Å². The summed E-state index contributed by atoms with van der Waals surface area (Å²) in [4.78, 5) is 0. The van der Waals surface area contributed by atoms with Crippen LogP contribution in [-0.2, 0) is 0 Å². The van der Waals surface area contributed by atoms with E-state index in [1.54, 1.807) is 12.1 Å². The molecule has 1 aliphatic rings. The van der Waals surface area contributed by atoms with Crippen molar-refractivity contribution in [3.8, 4) is 0 Å². The predicted molar refractivity (Wildman–Crippen MR) is 74.0 cm³/mol. The highest BCUT2D eigenvalue weighted by Gasteiger charge is 2.28. The third-order valence-electron chi connectivity index (χ3n) is 4.25. The van der Waals surface area contributed by atoms with Crippen molar-refractivity contribution in [3.63, 3.8) is 0 Å². The molecule has 1 saturated carbocycles. The number of benzene rings is 1. The molecule has 0 bridgehead atoms. The number of nitrogens with one attached hydrogen (secondary N) is 1. The fraction of sp³-hybridized carbons (Fsp3) is 0.625. The first-order valence-electron chi connectivity index (χ1n) is 7.12. The molecular weight excluding hydrogens is 225 g/mol. The SMILES string of the molecule is CCC(NCC1(C)CCCC1)c1cccc(F)c1. The Kier molecular flexibility index (Phi) is 4.39. The zero-order chi connectivity index (χ0) is 13.0. The maximum Gasteiger partial charge on any atom is 0.123 e. The molecule has 1 fully saturated rings. The summed E-state index contributed by atoms with van der Waals surface area (Å²) in [5.74, 6) is -0.139.